The van der Waals surface area contributed by atoms with Crippen LogP contribution in [0.15, 0.2) is 17.0 Å². The molecule has 0 aliphatic heterocycles. The molecule has 0 heterocycles. The van der Waals surface area contributed by atoms with Crippen LogP contribution in [0.1, 0.15) is 30.6 Å². The van der Waals surface area contributed by atoms with Crippen molar-refractivity contribution in [1.29, 1.82) is 0 Å². The number of hydrogen-bond donors (Lipinski definition) is 1. The highest BCUT2D eigenvalue weighted by Crippen LogP contribution is 2.29. The second-order valence-corrected chi connectivity index (χ2v) is 6.97. The van der Waals surface area contributed by atoms with Crippen LogP contribution in [0.25, 0.3) is 0 Å². The van der Waals surface area contributed by atoms with Crippen molar-refractivity contribution in [2.45, 2.75) is 25.2 Å². The quantitative estimate of drug-likeness (QED) is 0.835. The molecular weight excluding hydrogens is 325 g/mol. The Labute approximate surface area is 128 Å². The van der Waals surface area contributed by atoms with E-state index in [2.05, 4.69) is 0 Å². The smallest absolute Gasteiger partial charge is 0.339 e. The Hall–Kier alpha value is -0.820. The molecule has 0 aliphatic carbocycles. The molecule has 0 saturated carbocycles. The van der Waals surface area contributed by atoms with Gasteiger partial charge in [-0.3, -0.25) is 0 Å². The van der Waals surface area contributed by atoms with Crippen LogP contribution < -0.4 is 5.14 Å². The minimum absolute atomic E-state index is 0.0363. The molecule has 0 aliphatic rings. The number of sulfonamides is 1. The molecule has 0 radical (unpaired) electrons. The molecule has 1 aromatic rings. The fourth-order valence-corrected chi connectivity index (χ4v) is 2.83. The van der Waals surface area contributed by atoms with Crippen LogP contribution in [-0.2, 0) is 14.8 Å². The van der Waals surface area contributed by atoms with Crippen molar-refractivity contribution >= 4 is 39.2 Å². The second-order valence-electron chi connectivity index (χ2n) is 4.63. The van der Waals surface area contributed by atoms with Gasteiger partial charge >= 0.3 is 5.97 Å². The van der Waals surface area contributed by atoms with Gasteiger partial charge in [0.1, 0.15) is 4.90 Å². The van der Waals surface area contributed by atoms with Gasteiger partial charge in [0.2, 0.25) is 10.0 Å². The molecule has 0 saturated heterocycles. The summed E-state index contributed by atoms with van der Waals surface area (Å²) in [6.45, 7) is 4.18. The van der Waals surface area contributed by atoms with Crippen molar-refractivity contribution in [2.75, 3.05) is 6.61 Å². The molecule has 1 rings (SSSR count). The highest BCUT2D eigenvalue weighted by atomic mass is 35.5. The molecule has 2 N–H and O–H groups in total. The summed E-state index contributed by atoms with van der Waals surface area (Å²) in [6.07, 6.45) is 0.686. The van der Waals surface area contributed by atoms with E-state index in [1.54, 1.807) is 0 Å². The van der Waals surface area contributed by atoms with Gasteiger partial charge in [0.25, 0.3) is 0 Å². The lowest BCUT2D eigenvalue weighted by atomic mass is 10.1. The molecule has 0 unspecified atom stereocenters. The summed E-state index contributed by atoms with van der Waals surface area (Å²) < 4.78 is 27.8. The maximum atomic E-state index is 11.9. The highest BCUT2D eigenvalue weighted by Gasteiger charge is 2.22. The molecule has 0 amide bonds. The lowest BCUT2D eigenvalue weighted by Gasteiger charge is -2.10. The molecule has 20 heavy (non-hydrogen) atoms. The van der Waals surface area contributed by atoms with Crippen LogP contribution in [0.4, 0.5) is 0 Å². The van der Waals surface area contributed by atoms with Crippen molar-refractivity contribution in [2.24, 2.45) is 11.1 Å². The van der Waals surface area contributed by atoms with E-state index in [0.29, 0.717) is 12.3 Å². The number of benzene rings is 1. The monoisotopic (exact) mass is 339 g/mol. The number of esters is 1. The Morgan fingerprint density at radius 3 is 2.45 bits per heavy atom. The van der Waals surface area contributed by atoms with Gasteiger partial charge in [-0.05, 0) is 24.5 Å². The zero-order valence-electron chi connectivity index (χ0n) is 11.0. The summed E-state index contributed by atoms with van der Waals surface area (Å²) in [6, 6.07) is 2.33. The molecule has 0 fully saturated rings. The number of halogens is 2. The molecule has 112 valence electrons. The van der Waals surface area contributed by atoms with E-state index in [-0.39, 0.29) is 22.2 Å². The highest BCUT2D eigenvalue weighted by molar-refractivity contribution is 7.89. The van der Waals surface area contributed by atoms with Crippen LogP contribution >= 0.6 is 23.2 Å². The topological polar surface area (TPSA) is 86.5 Å². The van der Waals surface area contributed by atoms with Crippen LogP contribution in [0.2, 0.25) is 10.0 Å². The number of carbonyl (C=O) groups is 1. The molecule has 0 bridgehead atoms. The first kappa shape index (κ1) is 17.2. The molecule has 0 atom stereocenters. The Bertz CT molecular complexity index is 614. The van der Waals surface area contributed by atoms with E-state index in [1.165, 1.54) is 6.07 Å². The van der Waals surface area contributed by atoms with E-state index in [4.69, 9.17) is 33.1 Å². The average Bonchev–Trinajstić information content (AvgIpc) is 2.29. The third-order valence-corrected chi connectivity index (χ3v) is 4.13. The summed E-state index contributed by atoms with van der Waals surface area (Å²) in [7, 11) is -4.07. The Kier molecular flexibility index (Phi) is 5.82. The minimum atomic E-state index is -4.07. The summed E-state index contributed by atoms with van der Waals surface area (Å²) in [5.41, 5.74) is -0.119. The zero-order valence-corrected chi connectivity index (χ0v) is 13.3. The lowest BCUT2D eigenvalue weighted by Crippen LogP contribution is -2.15. The minimum Gasteiger partial charge on any atom is -0.462 e. The van der Waals surface area contributed by atoms with E-state index in [9.17, 15) is 13.2 Å². The van der Waals surface area contributed by atoms with Crippen molar-refractivity contribution < 1.29 is 17.9 Å². The Morgan fingerprint density at radius 1 is 1.35 bits per heavy atom. The number of hydrogen-bond acceptors (Lipinski definition) is 4. The number of rotatable bonds is 5. The SMILES string of the molecule is CC(C)CCOC(=O)c1cc(Cl)cc(S(N)(=O)=O)c1Cl. The number of nitrogens with two attached hydrogens (primary N) is 1. The predicted molar refractivity (Wildman–Crippen MR) is 77.6 cm³/mol. The number of carbonyl (C=O) groups excluding carboxylic acids is 1. The van der Waals surface area contributed by atoms with Gasteiger partial charge in [-0.25, -0.2) is 18.4 Å². The fourth-order valence-electron chi connectivity index (χ4n) is 1.38. The van der Waals surface area contributed by atoms with Gasteiger partial charge in [0, 0.05) is 5.02 Å². The van der Waals surface area contributed by atoms with Gasteiger partial charge in [-0.2, -0.15) is 0 Å². The lowest BCUT2D eigenvalue weighted by molar-refractivity contribution is 0.0488. The molecule has 1 aromatic carbocycles. The second kappa shape index (κ2) is 6.76. The summed E-state index contributed by atoms with van der Waals surface area (Å²) in [5.74, 6) is -0.360. The van der Waals surface area contributed by atoms with Crippen LogP contribution in [0, 0.1) is 5.92 Å². The molecule has 5 nitrogen and oxygen atoms in total. The largest absolute Gasteiger partial charge is 0.462 e. The van der Waals surface area contributed by atoms with Crippen molar-refractivity contribution in [3.8, 4) is 0 Å². The maximum absolute atomic E-state index is 11.9. The Morgan fingerprint density at radius 2 is 1.95 bits per heavy atom. The van der Waals surface area contributed by atoms with E-state index in [0.717, 1.165) is 6.07 Å². The van der Waals surface area contributed by atoms with Crippen LogP contribution in [-0.4, -0.2) is 21.0 Å². The van der Waals surface area contributed by atoms with Gasteiger partial charge in [0.15, 0.2) is 0 Å². The van der Waals surface area contributed by atoms with Crippen LogP contribution in [0.5, 0.6) is 0 Å². The molecule has 8 heteroatoms. The van der Waals surface area contributed by atoms with Gasteiger partial charge < -0.3 is 4.74 Å². The van der Waals surface area contributed by atoms with Crippen molar-refractivity contribution in [1.82, 2.24) is 0 Å². The van der Waals surface area contributed by atoms with E-state index < -0.39 is 20.9 Å². The van der Waals surface area contributed by atoms with E-state index >= 15 is 0 Å². The fraction of sp³-hybridized carbons (Fsp3) is 0.417. The molecule has 0 aromatic heterocycles. The predicted octanol–water partition coefficient (Wildman–Crippen LogP) is 2.84. The molecular formula is C12H15Cl2NO4S. The van der Waals surface area contributed by atoms with E-state index in [1.807, 2.05) is 13.8 Å². The standard InChI is InChI=1S/C12H15Cl2NO4S/c1-7(2)3-4-19-12(16)9-5-8(13)6-10(11(9)14)20(15,17)18/h5-7H,3-4H2,1-2H3,(H2,15,17,18). The van der Waals surface area contributed by atoms with Crippen LogP contribution in [0.3, 0.4) is 0 Å². The van der Waals surface area contributed by atoms with Crippen molar-refractivity contribution in [3.05, 3.63) is 27.7 Å². The first-order valence-corrected chi connectivity index (χ1v) is 8.12. The van der Waals surface area contributed by atoms with Crippen molar-refractivity contribution in [3.63, 3.8) is 0 Å². The normalized spacial score (nSPS) is 11.7. The van der Waals surface area contributed by atoms with Gasteiger partial charge in [-0.15, -0.1) is 0 Å². The maximum Gasteiger partial charge on any atom is 0.339 e. The summed E-state index contributed by atoms with van der Waals surface area (Å²) in [5, 5.41) is 4.76. The zero-order chi connectivity index (χ0) is 15.5. The summed E-state index contributed by atoms with van der Waals surface area (Å²) >= 11 is 11.7. The first-order chi connectivity index (χ1) is 9.12. The third-order valence-electron chi connectivity index (χ3n) is 2.46. The van der Waals surface area contributed by atoms with Gasteiger partial charge in [0.05, 0.1) is 17.2 Å². The number of primary sulfonamides is 1. The Balaban J connectivity index is 3.07. The molecule has 0 spiro atoms. The number of ether oxygens (including phenoxy) is 1. The third kappa shape index (κ3) is 4.63. The average molecular weight is 340 g/mol. The summed E-state index contributed by atoms with van der Waals surface area (Å²) in [4.78, 5) is 11.5. The first-order valence-electron chi connectivity index (χ1n) is 5.82. The van der Waals surface area contributed by atoms with Gasteiger partial charge in [-0.1, -0.05) is 37.0 Å².